The number of rotatable bonds is 7. The molecule has 2 aliphatic rings. The van der Waals surface area contributed by atoms with Crippen LogP contribution in [0.1, 0.15) is 39.5 Å². The zero-order chi connectivity index (χ0) is 19.2. The largest absolute Gasteiger partial charge is 0.376 e. The molecule has 0 aromatic carbocycles. The number of nitrogens with zero attached hydrogens (tertiary/aromatic N) is 2. The molecule has 27 heavy (non-hydrogen) atoms. The first-order valence-corrected chi connectivity index (χ1v) is 11.3. The van der Waals surface area contributed by atoms with Gasteiger partial charge in [-0.1, -0.05) is 0 Å². The molecule has 0 saturated carbocycles. The van der Waals surface area contributed by atoms with E-state index in [0.29, 0.717) is 13.2 Å². The fourth-order valence-corrected chi connectivity index (χ4v) is 4.50. The molecule has 10 heteroatoms. The van der Waals surface area contributed by atoms with Gasteiger partial charge in [0.05, 0.1) is 25.1 Å². The zero-order valence-electron chi connectivity index (χ0n) is 16.9. The van der Waals surface area contributed by atoms with E-state index in [4.69, 9.17) is 9.47 Å². The molecule has 2 aliphatic heterocycles. The lowest BCUT2D eigenvalue weighted by molar-refractivity contribution is -0.0367. The molecule has 0 aliphatic carbocycles. The van der Waals surface area contributed by atoms with Gasteiger partial charge in [-0.3, -0.25) is 4.99 Å². The monoisotopic (exact) mass is 518 g/mol. The minimum atomic E-state index is -3.25. The summed E-state index contributed by atoms with van der Waals surface area (Å²) < 4.78 is 37.2. The van der Waals surface area contributed by atoms with Crippen LogP contribution >= 0.6 is 24.0 Å². The van der Waals surface area contributed by atoms with Crippen LogP contribution in [-0.2, 0) is 19.5 Å². The molecule has 0 radical (unpaired) electrons. The van der Waals surface area contributed by atoms with E-state index in [9.17, 15) is 8.42 Å². The number of aliphatic imine (C=N–C) groups is 1. The van der Waals surface area contributed by atoms with E-state index >= 15 is 0 Å². The Morgan fingerprint density at radius 1 is 1.30 bits per heavy atom. The maximum atomic E-state index is 11.5. The van der Waals surface area contributed by atoms with Gasteiger partial charge in [0.25, 0.3) is 0 Å². The Morgan fingerprint density at radius 2 is 1.96 bits per heavy atom. The number of piperidine rings is 1. The van der Waals surface area contributed by atoms with Crippen molar-refractivity contribution in [1.82, 2.24) is 14.9 Å². The minimum absolute atomic E-state index is 0. The summed E-state index contributed by atoms with van der Waals surface area (Å²) in [5.41, 5.74) is -0.591. The first kappa shape index (κ1) is 24.9. The molecular formula is C17H35IN4O4S. The Kier molecular flexibility index (Phi) is 10.2. The van der Waals surface area contributed by atoms with Gasteiger partial charge in [0.1, 0.15) is 0 Å². The van der Waals surface area contributed by atoms with Gasteiger partial charge in [-0.2, -0.15) is 0 Å². The third kappa shape index (κ3) is 9.25. The van der Waals surface area contributed by atoms with Gasteiger partial charge in [0.2, 0.25) is 10.0 Å². The van der Waals surface area contributed by atoms with Crippen LogP contribution in [0.4, 0.5) is 0 Å². The molecule has 2 heterocycles. The van der Waals surface area contributed by atoms with Gasteiger partial charge < -0.3 is 19.7 Å². The van der Waals surface area contributed by atoms with Crippen molar-refractivity contribution < 1.29 is 17.9 Å². The smallest absolute Gasteiger partial charge is 0.209 e. The van der Waals surface area contributed by atoms with Gasteiger partial charge in [-0.15, -0.1) is 24.0 Å². The highest BCUT2D eigenvalue weighted by Gasteiger charge is 2.26. The highest BCUT2D eigenvalue weighted by Crippen LogP contribution is 2.18. The summed E-state index contributed by atoms with van der Waals surface area (Å²) in [5.74, 6) is 0.797. The molecular weight excluding hydrogens is 483 g/mol. The van der Waals surface area contributed by atoms with E-state index in [2.05, 4.69) is 19.9 Å². The molecule has 0 amide bonds. The number of hydrogen-bond donors (Lipinski definition) is 2. The van der Waals surface area contributed by atoms with Gasteiger partial charge in [0.15, 0.2) is 5.96 Å². The maximum Gasteiger partial charge on any atom is 0.209 e. The molecule has 2 N–H and O–H groups in total. The number of halogens is 1. The second kappa shape index (κ2) is 11.1. The van der Waals surface area contributed by atoms with Crippen molar-refractivity contribution in [2.24, 2.45) is 4.99 Å². The molecule has 0 aromatic rings. The second-order valence-corrected chi connectivity index (χ2v) is 9.56. The molecule has 1 unspecified atom stereocenters. The average Bonchev–Trinajstić information content (AvgIpc) is 3.05. The molecule has 0 aromatic heterocycles. The zero-order valence-corrected chi connectivity index (χ0v) is 20.0. The molecule has 0 spiro atoms. The summed E-state index contributed by atoms with van der Waals surface area (Å²) in [6.45, 7) is 7.45. The standard InChI is InChI=1S/C17H34N4O4S.HI/c1-17(2,20-26(4,22)23)13-19-16(18-3)21-9-7-14(8-10-21)25-12-15-6-5-11-24-15;/h14-15,20H,5-13H2,1-4H3,(H,18,19);1H. The summed E-state index contributed by atoms with van der Waals surface area (Å²) >= 11 is 0. The predicted octanol–water partition coefficient (Wildman–Crippen LogP) is 1.17. The number of sulfonamides is 1. The highest BCUT2D eigenvalue weighted by atomic mass is 127. The summed E-state index contributed by atoms with van der Waals surface area (Å²) in [6.07, 6.45) is 5.87. The Bertz CT molecular complexity index is 571. The maximum absolute atomic E-state index is 11.5. The Labute approximate surface area is 180 Å². The fraction of sp³-hybridized carbons (Fsp3) is 0.941. The molecule has 1 atom stereocenters. The van der Waals surface area contributed by atoms with E-state index in [1.807, 2.05) is 13.8 Å². The number of guanidine groups is 1. The normalized spacial score (nSPS) is 22.6. The lowest BCUT2D eigenvalue weighted by atomic mass is 10.1. The Hall–Kier alpha value is -0.170. The molecule has 160 valence electrons. The van der Waals surface area contributed by atoms with Crippen LogP contribution in [0.2, 0.25) is 0 Å². The van der Waals surface area contributed by atoms with Crippen LogP contribution in [0.5, 0.6) is 0 Å². The van der Waals surface area contributed by atoms with Crippen molar-refractivity contribution in [3.63, 3.8) is 0 Å². The summed E-state index contributed by atoms with van der Waals surface area (Å²) in [5, 5.41) is 3.28. The van der Waals surface area contributed by atoms with Crippen molar-refractivity contribution in [3.05, 3.63) is 0 Å². The van der Waals surface area contributed by atoms with Crippen LogP contribution in [-0.4, -0.2) is 83.2 Å². The van der Waals surface area contributed by atoms with Crippen LogP contribution in [0.3, 0.4) is 0 Å². The fourth-order valence-electron chi connectivity index (χ4n) is 3.42. The first-order chi connectivity index (χ1) is 12.2. The van der Waals surface area contributed by atoms with Crippen LogP contribution in [0.15, 0.2) is 4.99 Å². The molecule has 0 bridgehead atoms. The highest BCUT2D eigenvalue weighted by molar-refractivity contribution is 14.0. The predicted molar refractivity (Wildman–Crippen MR) is 118 cm³/mol. The Balaban J connectivity index is 0.00000364. The van der Waals surface area contributed by atoms with Crippen molar-refractivity contribution in [2.45, 2.75) is 57.3 Å². The molecule has 2 fully saturated rings. The van der Waals surface area contributed by atoms with E-state index in [0.717, 1.165) is 51.3 Å². The van der Waals surface area contributed by atoms with Crippen LogP contribution in [0, 0.1) is 0 Å². The molecule has 8 nitrogen and oxygen atoms in total. The molecule has 2 rings (SSSR count). The topological polar surface area (TPSA) is 92.3 Å². The number of nitrogens with one attached hydrogen (secondary N) is 2. The van der Waals surface area contributed by atoms with E-state index in [-0.39, 0.29) is 36.2 Å². The Morgan fingerprint density at radius 3 is 2.48 bits per heavy atom. The van der Waals surface area contributed by atoms with Gasteiger partial charge in [-0.25, -0.2) is 13.1 Å². The lowest BCUT2D eigenvalue weighted by Gasteiger charge is -2.35. The quantitative estimate of drug-likeness (QED) is 0.299. The first-order valence-electron chi connectivity index (χ1n) is 9.36. The lowest BCUT2D eigenvalue weighted by Crippen LogP contribution is -2.54. The van der Waals surface area contributed by atoms with Crippen molar-refractivity contribution in [3.8, 4) is 0 Å². The third-order valence-corrected chi connectivity index (χ3v) is 5.57. The summed E-state index contributed by atoms with van der Waals surface area (Å²) in [7, 11) is -1.50. The number of ether oxygens (including phenoxy) is 2. The summed E-state index contributed by atoms with van der Waals surface area (Å²) in [6, 6.07) is 0. The molecule has 2 saturated heterocycles. The van der Waals surface area contributed by atoms with Crippen molar-refractivity contribution in [1.29, 1.82) is 0 Å². The van der Waals surface area contributed by atoms with Crippen LogP contribution in [0.25, 0.3) is 0 Å². The third-order valence-electron chi connectivity index (χ3n) is 4.65. The van der Waals surface area contributed by atoms with E-state index < -0.39 is 15.6 Å². The van der Waals surface area contributed by atoms with E-state index in [1.165, 1.54) is 6.26 Å². The van der Waals surface area contributed by atoms with Crippen molar-refractivity contribution in [2.75, 3.05) is 46.2 Å². The SMILES string of the molecule is CN=C(NCC(C)(C)NS(C)(=O)=O)N1CCC(OCC2CCCO2)CC1.I. The second-order valence-electron chi connectivity index (χ2n) is 7.81. The van der Waals surface area contributed by atoms with E-state index in [1.54, 1.807) is 7.05 Å². The van der Waals surface area contributed by atoms with Gasteiger partial charge in [-0.05, 0) is 39.5 Å². The average molecular weight is 518 g/mol. The van der Waals surface area contributed by atoms with Crippen molar-refractivity contribution >= 4 is 40.0 Å². The van der Waals surface area contributed by atoms with Gasteiger partial charge in [0, 0.05) is 38.8 Å². The van der Waals surface area contributed by atoms with Crippen LogP contribution < -0.4 is 10.0 Å². The number of hydrogen-bond acceptors (Lipinski definition) is 5. The minimum Gasteiger partial charge on any atom is -0.376 e. The number of likely N-dealkylation sites (tertiary alicyclic amines) is 1. The van der Waals surface area contributed by atoms with Gasteiger partial charge >= 0.3 is 0 Å². The summed E-state index contributed by atoms with van der Waals surface area (Å²) in [4.78, 5) is 6.54.